The van der Waals surface area contributed by atoms with Crippen LogP contribution in [0.3, 0.4) is 0 Å². The highest BCUT2D eigenvalue weighted by Gasteiger charge is 2.48. The van der Waals surface area contributed by atoms with Gasteiger partial charge in [-0.1, -0.05) is 113 Å². The highest BCUT2D eigenvalue weighted by Crippen LogP contribution is 2.42. The molecule has 3 N–H and O–H groups in total. The summed E-state index contributed by atoms with van der Waals surface area (Å²) in [6, 6.07) is 14.2. The minimum atomic E-state index is -1.70. The maximum Gasteiger partial charge on any atom is 0.256 e. The zero-order valence-corrected chi connectivity index (χ0v) is 22.8. The molecule has 0 fully saturated rings. The molecule has 1 amide bonds. The van der Waals surface area contributed by atoms with E-state index in [4.69, 9.17) is 26.8 Å². The van der Waals surface area contributed by atoms with Gasteiger partial charge in [-0.25, -0.2) is 0 Å². The van der Waals surface area contributed by atoms with Crippen molar-refractivity contribution in [3.63, 3.8) is 0 Å². The van der Waals surface area contributed by atoms with E-state index in [1.165, 1.54) is 63.9 Å². The fraction of sp³-hybridized carbons (Fsp3) is 0.516. The van der Waals surface area contributed by atoms with Gasteiger partial charge in [-0.05, 0) is 36.2 Å². The summed E-state index contributed by atoms with van der Waals surface area (Å²) < 4.78 is 12.2. The van der Waals surface area contributed by atoms with Crippen LogP contribution in [0.25, 0.3) is 5.76 Å². The first-order valence-corrected chi connectivity index (χ1v) is 14.2. The van der Waals surface area contributed by atoms with Crippen molar-refractivity contribution in [3.05, 3.63) is 70.8 Å². The lowest BCUT2D eigenvalue weighted by molar-refractivity contribution is -0.153. The van der Waals surface area contributed by atoms with Crippen molar-refractivity contribution >= 4 is 23.3 Å². The van der Waals surface area contributed by atoms with Gasteiger partial charge in [-0.15, -0.1) is 0 Å². The standard InChI is InChI=1S/C31H42ClNO4/c1-2-3-4-5-6-7-8-9-10-11-12-15-22-36-31(30(33)35)23-28(37-25-20-18-24(32)19-21-25)26-16-13-14-17-27(26)29(31)34/h13-14,16-21,23,29,34H,2-12,15,22H2,1H3,(H2,33,35). The topological polar surface area (TPSA) is 81.8 Å². The quantitative estimate of drug-likeness (QED) is 0.206. The van der Waals surface area contributed by atoms with Crippen LogP contribution in [0.1, 0.15) is 101 Å². The Hall–Kier alpha value is -2.34. The summed E-state index contributed by atoms with van der Waals surface area (Å²) in [4.78, 5) is 12.7. The van der Waals surface area contributed by atoms with E-state index in [1.54, 1.807) is 30.3 Å². The number of hydrogen-bond donors (Lipinski definition) is 2. The van der Waals surface area contributed by atoms with Gasteiger partial charge >= 0.3 is 0 Å². The number of ether oxygens (including phenoxy) is 2. The molecule has 0 aromatic heterocycles. The molecule has 0 spiro atoms. The van der Waals surface area contributed by atoms with Gasteiger partial charge < -0.3 is 20.3 Å². The predicted octanol–water partition coefficient (Wildman–Crippen LogP) is 7.75. The Kier molecular flexibility index (Phi) is 12.0. The lowest BCUT2D eigenvalue weighted by Gasteiger charge is -2.37. The van der Waals surface area contributed by atoms with E-state index in [9.17, 15) is 9.90 Å². The average molecular weight is 528 g/mol. The highest BCUT2D eigenvalue weighted by atomic mass is 35.5. The number of carbonyl (C=O) groups excluding carboxylic acids is 1. The van der Waals surface area contributed by atoms with Crippen molar-refractivity contribution in [1.82, 2.24) is 0 Å². The Morgan fingerprint density at radius 3 is 2.05 bits per heavy atom. The highest BCUT2D eigenvalue weighted by molar-refractivity contribution is 6.30. The van der Waals surface area contributed by atoms with Gasteiger partial charge in [0.25, 0.3) is 5.91 Å². The molecule has 202 valence electrons. The van der Waals surface area contributed by atoms with E-state index in [-0.39, 0.29) is 0 Å². The zero-order chi connectivity index (χ0) is 26.5. The number of carbonyl (C=O) groups is 1. The molecule has 0 saturated heterocycles. The van der Waals surface area contributed by atoms with Crippen molar-refractivity contribution in [2.45, 2.75) is 95.7 Å². The summed E-state index contributed by atoms with van der Waals surface area (Å²) in [5.41, 5.74) is 5.36. The van der Waals surface area contributed by atoms with Crippen LogP contribution in [0.15, 0.2) is 54.6 Å². The van der Waals surface area contributed by atoms with Crippen LogP contribution in [-0.4, -0.2) is 23.2 Å². The van der Waals surface area contributed by atoms with Crippen LogP contribution in [0, 0.1) is 0 Å². The van der Waals surface area contributed by atoms with Gasteiger partial charge in [-0.2, -0.15) is 0 Å². The van der Waals surface area contributed by atoms with Crippen LogP contribution >= 0.6 is 11.6 Å². The molecule has 0 aliphatic heterocycles. The average Bonchev–Trinajstić information content (AvgIpc) is 2.90. The van der Waals surface area contributed by atoms with Gasteiger partial charge in [-0.3, -0.25) is 4.79 Å². The first kappa shape index (κ1) is 29.2. The molecular formula is C31H42ClNO4. The van der Waals surface area contributed by atoms with E-state index in [2.05, 4.69) is 6.92 Å². The molecule has 2 aromatic carbocycles. The number of primary amides is 1. The third-order valence-corrected chi connectivity index (χ3v) is 7.29. The molecule has 2 atom stereocenters. The largest absolute Gasteiger partial charge is 0.457 e. The monoisotopic (exact) mass is 527 g/mol. The molecule has 5 nitrogen and oxygen atoms in total. The third-order valence-electron chi connectivity index (χ3n) is 7.04. The maximum absolute atomic E-state index is 12.7. The molecule has 1 aliphatic rings. The molecular weight excluding hydrogens is 486 g/mol. The number of halogens is 1. The Morgan fingerprint density at radius 2 is 1.46 bits per heavy atom. The van der Waals surface area contributed by atoms with Crippen molar-refractivity contribution in [1.29, 1.82) is 0 Å². The minimum absolute atomic E-state index is 0.324. The van der Waals surface area contributed by atoms with E-state index in [1.807, 2.05) is 18.2 Å². The minimum Gasteiger partial charge on any atom is -0.457 e. The second kappa shape index (κ2) is 15.2. The summed E-state index contributed by atoms with van der Waals surface area (Å²) >= 11 is 6.00. The number of hydrogen-bond acceptors (Lipinski definition) is 4. The van der Waals surface area contributed by atoms with Crippen molar-refractivity contribution in [2.75, 3.05) is 6.61 Å². The molecule has 0 saturated carbocycles. The number of amides is 1. The summed E-state index contributed by atoms with van der Waals surface area (Å²) in [6.45, 7) is 2.57. The molecule has 0 bridgehead atoms. The van der Waals surface area contributed by atoms with Gasteiger partial charge in [0.1, 0.15) is 17.6 Å². The predicted molar refractivity (Wildman–Crippen MR) is 150 cm³/mol. The Balaban J connectivity index is 1.54. The number of nitrogens with two attached hydrogens (primary N) is 1. The van der Waals surface area contributed by atoms with Gasteiger partial charge in [0.05, 0.1) is 0 Å². The smallest absolute Gasteiger partial charge is 0.256 e. The second-order valence-corrected chi connectivity index (χ2v) is 10.4. The van der Waals surface area contributed by atoms with E-state index in [0.717, 1.165) is 19.3 Å². The normalized spacial score (nSPS) is 18.8. The lowest BCUT2D eigenvalue weighted by Crippen LogP contribution is -2.51. The molecule has 6 heteroatoms. The zero-order valence-electron chi connectivity index (χ0n) is 22.1. The summed E-state index contributed by atoms with van der Waals surface area (Å²) in [7, 11) is 0. The molecule has 2 unspecified atom stereocenters. The summed E-state index contributed by atoms with van der Waals surface area (Å²) in [5, 5.41) is 11.8. The van der Waals surface area contributed by atoms with Crippen molar-refractivity contribution < 1.29 is 19.4 Å². The lowest BCUT2D eigenvalue weighted by atomic mass is 9.81. The second-order valence-electron chi connectivity index (χ2n) is 9.95. The Bertz CT molecular complexity index is 1010. The molecule has 37 heavy (non-hydrogen) atoms. The van der Waals surface area contributed by atoms with Crippen LogP contribution < -0.4 is 10.5 Å². The number of aliphatic hydroxyl groups is 1. The van der Waals surface area contributed by atoms with Crippen LogP contribution in [-0.2, 0) is 9.53 Å². The van der Waals surface area contributed by atoms with Gasteiger partial charge in [0, 0.05) is 23.3 Å². The van der Waals surface area contributed by atoms with E-state index >= 15 is 0 Å². The molecule has 0 heterocycles. The third kappa shape index (κ3) is 8.33. The van der Waals surface area contributed by atoms with Crippen LogP contribution in [0.2, 0.25) is 5.02 Å². The van der Waals surface area contributed by atoms with Crippen LogP contribution in [0.4, 0.5) is 0 Å². The Morgan fingerprint density at radius 1 is 0.892 bits per heavy atom. The number of fused-ring (bicyclic) bond motifs is 1. The maximum atomic E-state index is 12.7. The molecule has 0 radical (unpaired) electrons. The van der Waals surface area contributed by atoms with E-state index in [0.29, 0.717) is 34.3 Å². The molecule has 3 rings (SSSR count). The first-order chi connectivity index (χ1) is 18.0. The van der Waals surface area contributed by atoms with Crippen molar-refractivity contribution in [2.24, 2.45) is 5.73 Å². The summed E-state index contributed by atoms with van der Waals surface area (Å²) in [6.07, 6.45) is 15.1. The fourth-order valence-corrected chi connectivity index (χ4v) is 4.96. The van der Waals surface area contributed by atoms with Gasteiger partial charge in [0.2, 0.25) is 0 Å². The van der Waals surface area contributed by atoms with Gasteiger partial charge in [0.15, 0.2) is 5.60 Å². The first-order valence-electron chi connectivity index (χ1n) is 13.9. The number of unbranched alkanes of at least 4 members (excludes halogenated alkanes) is 11. The summed E-state index contributed by atoms with van der Waals surface area (Å²) in [5.74, 6) is 0.225. The Labute approximate surface area is 227 Å². The fourth-order valence-electron chi connectivity index (χ4n) is 4.84. The molecule has 2 aromatic rings. The number of benzene rings is 2. The van der Waals surface area contributed by atoms with Crippen LogP contribution in [0.5, 0.6) is 5.75 Å². The number of rotatable bonds is 17. The molecule has 1 aliphatic carbocycles. The SMILES string of the molecule is CCCCCCCCCCCCCCOC1(C(N)=O)C=C(Oc2ccc(Cl)cc2)c2ccccc2C1O. The number of aliphatic hydroxyl groups excluding tert-OH is 1. The van der Waals surface area contributed by atoms with E-state index < -0.39 is 17.6 Å². The van der Waals surface area contributed by atoms with Crippen molar-refractivity contribution in [3.8, 4) is 5.75 Å².